The van der Waals surface area contributed by atoms with E-state index in [4.69, 9.17) is 4.74 Å². The van der Waals surface area contributed by atoms with Gasteiger partial charge in [-0.15, -0.1) is 0 Å². The molecule has 5 heteroatoms. The van der Waals surface area contributed by atoms with E-state index in [2.05, 4.69) is 0 Å². The average molecular weight is 300 g/mol. The van der Waals surface area contributed by atoms with Crippen LogP contribution in [0, 0.1) is 29.1 Å². The van der Waals surface area contributed by atoms with Crippen molar-refractivity contribution >= 4 is 5.97 Å². The van der Waals surface area contributed by atoms with Crippen LogP contribution in [-0.2, 0) is 9.53 Å². The molecule has 3 saturated carbocycles. The molecule has 4 aliphatic rings. The predicted molar refractivity (Wildman–Crippen MR) is 69.2 cm³/mol. The van der Waals surface area contributed by atoms with Crippen molar-refractivity contribution in [2.24, 2.45) is 29.1 Å². The van der Waals surface area contributed by atoms with Crippen molar-refractivity contribution in [1.29, 1.82) is 0 Å². The summed E-state index contributed by atoms with van der Waals surface area (Å²) in [5, 5.41) is 0. The van der Waals surface area contributed by atoms with Crippen molar-refractivity contribution in [2.45, 2.75) is 50.8 Å². The minimum atomic E-state index is -4.52. The Balaban J connectivity index is 1.57. The van der Waals surface area contributed by atoms with Gasteiger partial charge in [-0.1, -0.05) is 12.2 Å². The molecule has 21 heavy (non-hydrogen) atoms. The van der Waals surface area contributed by atoms with Crippen LogP contribution in [-0.4, -0.2) is 18.2 Å². The second-order valence-electron chi connectivity index (χ2n) is 7.28. The molecule has 0 heterocycles. The predicted octanol–water partition coefficient (Wildman–Crippen LogP) is 3.86. The first-order chi connectivity index (χ1) is 9.90. The normalized spacial score (nSPS) is 47.3. The van der Waals surface area contributed by atoms with Gasteiger partial charge in [-0.2, -0.15) is 13.2 Å². The molecule has 6 unspecified atom stereocenters. The summed E-state index contributed by atoms with van der Waals surface area (Å²) >= 11 is 0. The van der Waals surface area contributed by atoms with E-state index < -0.39 is 23.5 Å². The largest absolute Gasteiger partial charge is 0.461 e. The van der Waals surface area contributed by atoms with Gasteiger partial charge in [-0.05, 0) is 56.3 Å². The SMILES string of the molecule is O=C(OC1CC2CCC1C2)C1(C(F)(F)F)CC2C=CC1C2. The maximum absolute atomic E-state index is 13.7. The Morgan fingerprint density at radius 3 is 2.43 bits per heavy atom. The third-order valence-electron chi connectivity index (χ3n) is 6.19. The Kier molecular flexibility index (Phi) is 2.77. The number of rotatable bonds is 2. The van der Waals surface area contributed by atoms with Gasteiger partial charge in [-0.25, -0.2) is 0 Å². The standard InChI is InChI=1S/C16H19F3O2/c17-16(18,19)15(8-10-2-4-12(15)6-10)14(20)21-13-7-9-1-3-11(13)5-9/h2,4,9-13H,1,3,5-8H2. The number of fused-ring (bicyclic) bond motifs is 4. The highest BCUT2D eigenvalue weighted by molar-refractivity contribution is 5.80. The molecular formula is C16H19F3O2. The number of hydrogen-bond acceptors (Lipinski definition) is 2. The molecule has 0 aromatic rings. The number of alkyl halides is 3. The molecule has 4 aliphatic carbocycles. The number of hydrogen-bond donors (Lipinski definition) is 0. The molecule has 4 bridgehead atoms. The second-order valence-corrected chi connectivity index (χ2v) is 7.28. The maximum atomic E-state index is 13.7. The topological polar surface area (TPSA) is 26.3 Å². The van der Waals surface area contributed by atoms with Crippen molar-refractivity contribution in [3.63, 3.8) is 0 Å². The second kappa shape index (κ2) is 4.26. The number of carbonyl (C=O) groups excluding carboxylic acids is 1. The van der Waals surface area contributed by atoms with Crippen LogP contribution in [0.25, 0.3) is 0 Å². The van der Waals surface area contributed by atoms with Gasteiger partial charge in [0.25, 0.3) is 0 Å². The zero-order valence-electron chi connectivity index (χ0n) is 11.7. The quantitative estimate of drug-likeness (QED) is 0.572. The summed E-state index contributed by atoms with van der Waals surface area (Å²) < 4.78 is 46.4. The number of halogens is 3. The van der Waals surface area contributed by atoms with E-state index in [1.807, 2.05) is 6.08 Å². The monoisotopic (exact) mass is 300 g/mol. The highest BCUT2D eigenvalue weighted by Crippen LogP contribution is 2.61. The van der Waals surface area contributed by atoms with E-state index in [9.17, 15) is 18.0 Å². The Hall–Kier alpha value is -1.00. The summed E-state index contributed by atoms with van der Waals surface area (Å²) in [5.74, 6) is -1.02. The minimum Gasteiger partial charge on any atom is -0.461 e. The molecule has 2 nitrogen and oxygen atoms in total. The number of ether oxygens (including phenoxy) is 1. The van der Waals surface area contributed by atoms with Gasteiger partial charge in [0.15, 0.2) is 5.41 Å². The molecule has 0 aliphatic heterocycles. The summed E-state index contributed by atoms with van der Waals surface area (Å²) in [7, 11) is 0. The Bertz CT molecular complexity index is 498. The fourth-order valence-corrected chi connectivity index (χ4v) is 5.11. The molecule has 0 aromatic heterocycles. The van der Waals surface area contributed by atoms with Crippen LogP contribution in [0.15, 0.2) is 12.2 Å². The highest BCUT2D eigenvalue weighted by Gasteiger charge is 2.69. The number of carbonyl (C=O) groups is 1. The van der Waals surface area contributed by atoms with Crippen LogP contribution in [0.1, 0.15) is 38.5 Å². The zero-order chi connectivity index (χ0) is 14.8. The summed E-state index contributed by atoms with van der Waals surface area (Å²) in [6.07, 6.45) is 2.80. The minimum absolute atomic E-state index is 0.121. The fourth-order valence-electron chi connectivity index (χ4n) is 5.11. The van der Waals surface area contributed by atoms with Gasteiger partial charge < -0.3 is 4.74 Å². The van der Waals surface area contributed by atoms with Gasteiger partial charge in [0.05, 0.1) is 0 Å². The molecule has 0 spiro atoms. The molecule has 4 rings (SSSR count). The highest BCUT2D eigenvalue weighted by atomic mass is 19.4. The van der Waals surface area contributed by atoms with Gasteiger partial charge in [0.2, 0.25) is 0 Å². The first-order valence-electron chi connectivity index (χ1n) is 7.86. The average Bonchev–Trinajstić information content (AvgIpc) is 3.16. The third-order valence-corrected chi connectivity index (χ3v) is 6.19. The third kappa shape index (κ3) is 1.82. The van der Waals surface area contributed by atoms with Crippen LogP contribution in [0.3, 0.4) is 0 Å². The zero-order valence-corrected chi connectivity index (χ0v) is 11.7. The van der Waals surface area contributed by atoms with E-state index in [-0.39, 0.29) is 18.4 Å². The van der Waals surface area contributed by atoms with E-state index >= 15 is 0 Å². The van der Waals surface area contributed by atoms with Gasteiger partial charge in [0, 0.05) is 5.92 Å². The number of allylic oxidation sites excluding steroid dienone is 2. The lowest BCUT2D eigenvalue weighted by Crippen LogP contribution is -2.50. The van der Waals surface area contributed by atoms with Gasteiger partial charge in [0.1, 0.15) is 6.10 Å². The summed E-state index contributed by atoms with van der Waals surface area (Å²) in [6, 6.07) is 0. The maximum Gasteiger partial charge on any atom is 0.405 e. The Labute approximate surface area is 121 Å². The van der Waals surface area contributed by atoms with E-state index in [1.165, 1.54) is 0 Å². The lowest BCUT2D eigenvalue weighted by molar-refractivity contribution is -0.245. The van der Waals surface area contributed by atoms with E-state index in [0.717, 1.165) is 25.7 Å². The molecule has 3 fully saturated rings. The Morgan fingerprint density at radius 2 is 1.95 bits per heavy atom. The lowest BCUT2D eigenvalue weighted by Gasteiger charge is -2.36. The van der Waals surface area contributed by atoms with E-state index in [1.54, 1.807) is 6.08 Å². The van der Waals surface area contributed by atoms with Gasteiger partial charge >= 0.3 is 12.1 Å². The lowest BCUT2D eigenvalue weighted by atomic mass is 9.75. The summed E-state index contributed by atoms with van der Waals surface area (Å²) in [4.78, 5) is 12.5. The number of esters is 1. The molecule has 116 valence electrons. The van der Waals surface area contributed by atoms with Crippen LogP contribution in [0.5, 0.6) is 0 Å². The molecule has 0 radical (unpaired) electrons. The van der Waals surface area contributed by atoms with Crippen molar-refractivity contribution in [3.8, 4) is 0 Å². The van der Waals surface area contributed by atoms with Crippen molar-refractivity contribution < 1.29 is 22.7 Å². The molecule has 0 aromatic carbocycles. The molecular weight excluding hydrogens is 281 g/mol. The van der Waals surface area contributed by atoms with Crippen LogP contribution in [0.2, 0.25) is 0 Å². The van der Waals surface area contributed by atoms with Crippen LogP contribution >= 0.6 is 0 Å². The molecule has 6 atom stereocenters. The van der Waals surface area contributed by atoms with E-state index in [0.29, 0.717) is 18.3 Å². The molecule has 0 amide bonds. The van der Waals surface area contributed by atoms with Crippen molar-refractivity contribution in [2.75, 3.05) is 0 Å². The van der Waals surface area contributed by atoms with Crippen LogP contribution in [0.4, 0.5) is 13.2 Å². The van der Waals surface area contributed by atoms with Crippen LogP contribution < -0.4 is 0 Å². The van der Waals surface area contributed by atoms with Crippen molar-refractivity contribution in [3.05, 3.63) is 12.2 Å². The molecule has 0 saturated heterocycles. The fraction of sp³-hybridized carbons (Fsp3) is 0.812. The Morgan fingerprint density at radius 1 is 1.14 bits per heavy atom. The van der Waals surface area contributed by atoms with Gasteiger partial charge in [-0.3, -0.25) is 4.79 Å². The first-order valence-corrected chi connectivity index (χ1v) is 7.86. The first kappa shape index (κ1) is 13.6. The summed E-state index contributed by atoms with van der Waals surface area (Å²) in [5.41, 5.74) is -2.28. The summed E-state index contributed by atoms with van der Waals surface area (Å²) in [6.45, 7) is 0. The van der Waals surface area contributed by atoms with Crippen molar-refractivity contribution in [1.82, 2.24) is 0 Å². The smallest absolute Gasteiger partial charge is 0.405 e. The molecule has 0 N–H and O–H groups in total.